The molecule has 1 aliphatic rings. The van der Waals surface area contributed by atoms with Gasteiger partial charge in [-0.1, -0.05) is 13.8 Å². The van der Waals surface area contributed by atoms with E-state index in [1.165, 1.54) is 0 Å². The number of hydrogen-bond donors (Lipinski definition) is 2. The molecule has 8 heteroatoms. The maximum atomic E-state index is 12.8. The van der Waals surface area contributed by atoms with Crippen LogP contribution in [0.15, 0.2) is 24.7 Å². The summed E-state index contributed by atoms with van der Waals surface area (Å²) in [6.07, 6.45) is 4.78. The molecule has 1 aliphatic heterocycles. The lowest BCUT2D eigenvalue weighted by Gasteiger charge is -2.36. The summed E-state index contributed by atoms with van der Waals surface area (Å²) >= 11 is 0. The predicted octanol–water partition coefficient (Wildman–Crippen LogP) is 1.39. The van der Waals surface area contributed by atoms with Gasteiger partial charge in [-0.25, -0.2) is 19.9 Å². The first kappa shape index (κ1) is 18.2. The number of carbonyl (C=O) groups excluding carboxylic acids is 1. The van der Waals surface area contributed by atoms with Gasteiger partial charge in [0.05, 0.1) is 23.4 Å². The number of amides is 1. The minimum atomic E-state index is -0.701. The quantitative estimate of drug-likeness (QED) is 0.853. The van der Waals surface area contributed by atoms with E-state index in [0.29, 0.717) is 30.2 Å². The van der Waals surface area contributed by atoms with Crippen molar-refractivity contribution < 1.29 is 9.90 Å². The van der Waals surface area contributed by atoms with Crippen molar-refractivity contribution in [3.05, 3.63) is 41.7 Å². The number of aryl methyl sites for hydroxylation is 1. The number of piperidine rings is 1. The van der Waals surface area contributed by atoms with E-state index in [1.54, 1.807) is 29.6 Å². The van der Waals surface area contributed by atoms with Gasteiger partial charge in [0.15, 0.2) is 0 Å². The molecule has 3 heterocycles. The highest BCUT2D eigenvalue weighted by Gasteiger charge is 2.31. The first-order valence-electron chi connectivity index (χ1n) is 8.80. The Bertz CT molecular complexity index is 768. The fourth-order valence-corrected chi connectivity index (χ4v) is 2.97. The fraction of sp³-hybridized carbons (Fsp3) is 0.500. The number of anilines is 1. The second-order valence-corrected chi connectivity index (χ2v) is 6.81. The Morgan fingerprint density at radius 3 is 2.65 bits per heavy atom. The van der Waals surface area contributed by atoms with Crippen molar-refractivity contribution in [1.82, 2.24) is 24.8 Å². The monoisotopic (exact) mass is 356 g/mol. The Morgan fingerprint density at radius 1 is 1.31 bits per heavy atom. The molecule has 0 bridgehead atoms. The van der Waals surface area contributed by atoms with Crippen molar-refractivity contribution in [3.63, 3.8) is 0 Å². The average molecular weight is 356 g/mol. The van der Waals surface area contributed by atoms with Crippen LogP contribution in [0.5, 0.6) is 0 Å². The fourth-order valence-electron chi connectivity index (χ4n) is 2.97. The molecule has 138 valence electrons. The predicted molar refractivity (Wildman–Crippen MR) is 96.8 cm³/mol. The molecular weight excluding hydrogens is 332 g/mol. The van der Waals surface area contributed by atoms with E-state index >= 15 is 0 Å². The Morgan fingerprint density at radius 2 is 2.04 bits per heavy atom. The first-order chi connectivity index (χ1) is 12.5. The van der Waals surface area contributed by atoms with Crippen molar-refractivity contribution >= 4 is 11.9 Å². The van der Waals surface area contributed by atoms with E-state index in [0.717, 1.165) is 5.82 Å². The molecule has 1 saturated heterocycles. The molecular formula is C18H24N6O2. The van der Waals surface area contributed by atoms with Gasteiger partial charge in [0.1, 0.15) is 5.82 Å². The van der Waals surface area contributed by atoms with Crippen LogP contribution < -0.4 is 5.32 Å². The van der Waals surface area contributed by atoms with Crippen molar-refractivity contribution in [2.24, 2.45) is 0 Å². The lowest BCUT2D eigenvalue weighted by Crippen LogP contribution is -2.52. The zero-order valence-electron chi connectivity index (χ0n) is 15.3. The largest absolute Gasteiger partial charge is 0.389 e. The van der Waals surface area contributed by atoms with Crippen LogP contribution in [0.4, 0.5) is 5.95 Å². The van der Waals surface area contributed by atoms with Gasteiger partial charge >= 0.3 is 0 Å². The van der Waals surface area contributed by atoms with Crippen LogP contribution >= 0.6 is 0 Å². The Balaban J connectivity index is 1.66. The normalized spacial score (nSPS) is 20.3. The van der Waals surface area contributed by atoms with Crippen molar-refractivity contribution in [1.29, 1.82) is 0 Å². The highest BCUT2D eigenvalue weighted by atomic mass is 16.3. The molecule has 1 fully saturated rings. The Labute approximate surface area is 152 Å². The number of nitrogens with one attached hydrogen (secondary N) is 1. The van der Waals surface area contributed by atoms with E-state index in [4.69, 9.17) is 0 Å². The summed E-state index contributed by atoms with van der Waals surface area (Å²) in [7, 11) is 0. The molecule has 3 rings (SSSR count). The molecule has 2 aromatic rings. The topological polar surface area (TPSA) is 104 Å². The van der Waals surface area contributed by atoms with E-state index in [-0.39, 0.29) is 24.4 Å². The zero-order valence-corrected chi connectivity index (χ0v) is 15.3. The number of nitrogens with zero attached hydrogens (tertiary/aromatic N) is 5. The standard InChI is InChI=1S/C18H24N6O2/c1-11(2)16-21-9-13(12(3)22-16)17(26)24-8-5-14(15(25)10-24)23-18-19-6-4-7-20-18/h4,6-7,9,11,14-15,25H,5,8,10H2,1-3H3,(H,19,20,23)/t14-,15-/m0/s1. The summed E-state index contributed by atoms with van der Waals surface area (Å²) in [4.78, 5) is 31.4. The Kier molecular flexibility index (Phi) is 5.41. The highest BCUT2D eigenvalue weighted by molar-refractivity contribution is 5.95. The van der Waals surface area contributed by atoms with Gasteiger partial charge in [-0.2, -0.15) is 0 Å². The van der Waals surface area contributed by atoms with E-state index in [2.05, 4.69) is 25.3 Å². The number of aliphatic hydroxyl groups excluding tert-OH is 1. The summed E-state index contributed by atoms with van der Waals surface area (Å²) in [6, 6.07) is 1.54. The van der Waals surface area contributed by atoms with Crippen LogP contribution in [0.1, 0.15) is 48.1 Å². The minimum Gasteiger partial charge on any atom is -0.389 e. The third-order valence-electron chi connectivity index (χ3n) is 4.49. The summed E-state index contributed by atoms with van der Waals surface area (Å²) < 4.78 is 0. The van der Waals surface area contributed by atoms with Crippen molar-refractivity contribution in [2.45, 2.75) is 45.3 Å². The number of rotatable bonds is 4. The van der Waals surface area contributed by atoms with Crippen LogP contribution in [0.2, 0.25) is 0 Å². The van der Waals surface area contributed by atoms with Gasteiger partial charge in [-0.3, -0.25) is 4.79 Å². The maximum absolute atomic E-state index is 12.8. The van der Waals surface area contributed by atoms with Gasteiger partial charge in [0, 0.05) is 37.6 Å². The van der Waals surface area contributed by atoms with E-state index in [9.17, 15) is 9.90 Å². The van der Waals surface area contributed by atoms with Gasteiger partial charge in [0.2, 0.25) is 5.95 Å². The summed E-state index contributed by atoms with van der Waals surface area (Å²) in [6.45, 7) is 6.63. The third-order valence-corrected chi connectivity index (χ3v) is 4.49. The van der Waals surface area contributed by atoms with E-state index in [1.807, 2.05) is 20.8 Å². The highest BCUT2D eigenvalue weighted by Crippen LogP contribution is 2.19. The van der Waals surface area contributed by atoms with Gasteiger partial charge in [-0.15, -0.1) is 0 Å². The number of carbonyl (C=O) groups is 1. The Hall–Kier alpha value is -2.61. The van der Waals surface area contributed by atoms with Gasteiger partial charge < -0.3 is 15.3 Å². The number of likely N-dealkylation sites (tertiary alicyclic amines) is 1. The lowest BCUT2D eigenvalue weighted by molar-refractivity contribution is 0.0424. The molecule has 8 nitrogen and oxygen atoms in total. The van der Waals surface area contributed by atoms with Crippen molar-refractivity contribution in [2.75, 3.05) is 18.4 Å². The molecule has 2 aromatic heterocycles. The lowest BCUT2D eigenvalue weighted by atomic mass is 10.0. The molecule has 2 N–H and O–H groups in total. The molecule has 2 atom stereocenters. The molecule has 0 aromatic carbocycles. The van der Waals surface area contributed by atoms with Crippen LogP contribution in [0, 0.1) is 6.92 Å². The molecule has 1 amide bonds. The van der Waals surface area contributed by atoms with Crippen LogP contribution in [-0.4, -0.2) is 61.1 Å². The maximum Gasteiger partial charge on any atom is 0.257 e. The van der Waals surface area contributed by atoms with Crippen LogP contribution in [0.3, 0.4) is 0 Å². The number of hydrogen-bond acceptors (Lipinski definition) is 7. The number of aliphatic hydroxyl groups is 1. The summed E-state index contributed by atoms with van der Waals surface area (Å²) in [5, 5.41) is 13.6. The molecule has 0 saturated carbocycles. The second kappa shape index (κ2) is 7.74. The van der Waals surface area contributed by atoms with E-state index < -0.39 is 6.10 Å². The van der Waals surface area contributed by atoms with Gasteiger partial charge in [-0.05, 0) is 19.4 Å². The molecule has 0 spiro atoms. The SMILES string of the molecule is Cc1nc(C(C)C)ncc1C(=O)N1CC[C@H](Nc2ncccn2)[C@@H](O)C1. The minimum absolute atomic E-state index is 0.147. The molecule has 26 heavy (non-hydrogen) atoms. The summed E-state index contributed by atoms with van der Waals surface area (Å²) in [5.41, 5.74) is 1.15. The molecule has 0 aliphatic carbocycles. The first-order valence-corrected chi connectivity index (χ1v) is 8.80. The zero-order chi connectivity index (χ0) is 18.7. The summed E-state index contributed by atoms with van der Waals surface area (Å²) in [5.74, 6) is 1.27. The van der Waals surface area contributed by atoms with Crippen LogP contribution in [0.25, 0.3) is 0 Å². The van der Waals surface area contributed by atoms with Crippen molar-refractivity contribution in [3.8, 4) is 0 Å². The smallest absolute Gasteiger partial charge is 0.257 e. The average Bonchev–Trinajstić information content (AvgIpc) is 2.63. The van der Waals surface area contributed by atoms with Crippen LogP contribution in [-0.2, 0) is 0 Å². The number of aromatic nitrogens is 4. The molecule has 0 radical (unpaired) electrons. The third kappa shape index (κ3) is 3.96. The second-order valence-electron chi connectivity index (χ2n) is 6.81. The number of β-amino-alcohol motifs (C(OH)–C–C–N with tert-alkyl or cyclic N) is 1. The molecule has 0 unspecified atom stereocenters. The van der Waals surface area contributed by atoms with Gasteiger partial charge in [0.25, 0.3) is 5.91 Å².